The molecule has 2 amide bonds. The SMILES string of the molecule is O=C(CN(CCN1CCCC1)C(=O)c1ccc2ccccc2c1)Nc1ccon1. The zero-order valence-electron chi connectivity index (χ0n) is 16.2. The maximum absolute atomic E-state index is 13.2. The molecule has 150 valence electrons. The molecule has 0 spiro atoms. The summed E-state index contributed by atoms with van der Waals surface area (Å²) >= 11 is 0. The highest BCUT2D eigenvalue weighted by Crippen LogP contribution is 2.17. The van der Waals surface area contributed by atoms with Gasteiger partial charge in [-0.3, -0.25) is 9.59 Å². The average molecular weight is 392 g/mol. The molecule has 0 unspecified atom stereocenters. The van der Waals surface area contributed by atoms with E-state index in [4.69, 9.17) is 4.52 Å². The van der Waals surface area contributed by atoms with E-state index in [9.17, 15) is 9.59 Å². The van der Waals surface area contributed by atoms with Crippen molar-refractivity contribution in [1.29, 1.82) is 0 Å². The fraction of sp³-hybridized carbons (Fsp3) is 0.318. The van der Waals surface area contributed by atoms with Gasteiger partial charge in [-0.25, -0.2) is 0 Å². The van der Waals surface area contributed by atoms with E-state index in [0.717, 1.165) is 30.4 Å². The Morgan fingerprint density at radius 3 is 2.62 bits per heavy atom. The van der Waals surface area contributed by atoms with Crippen molar-refractivity contribution in [2.45, 2.75) is 12.8 Å². The molecule has 1 aromatic heterocycles. The summed E-state index contributed by atoms with van der Waals surface area (Å²) in [6.45, 7) is 3.31. The minimum atomic E-state index is -0.297. The summed E-state index contributed by atoms with van der Waals surface area (Å²) in [5.41, 5.74) is 0.583. The third-order valence-electron chi connectivity index (χ3n) is 5.21. The number of hydrogen-bond donors (Lipinski definition) is 1. The molecule has 0 bridgehead atoms. The lowest BCUT2D eigenvalue weighted by atomic mass is 10.1. The number of aromatic nitrogens is 1. The highest BCUT2D eigenvalue weighted by Gasteiger charge is 2.21. The summed E-state index contributed by atoms with van der Waals surface area (Å²) in [7, 11) is 0. The fourth-order valence-electron chi connectivity index (χ4n) is 3.66. The minimum absolute atomic E-state index is 0.0354. The Morgan fingerprint density at radius 2 is 1.86 bits per heavy atom. The molecule has 1 saturated heterocycles. The van der Waals surface area contributed by atoms with Gasteiger partial charge >= 0.3 is 0 Å². The van der Waals surface area contributed by atoms with E-state index in [0.29, 0.717) is 17.9 Å². The van der Waals surface area contributed by atoms with E-state index < -0.39 is 0 Å². The topological polar surface area (TPSA) is 78.7 Å². The minimum Gasteiger partial charge on any atom is -0.363 e. The lowest BCUT2D eigenvalue weighted by Crippen LogP contribution is -2.42. The van der Waals surface area contributed by atoms with Crippen molar-refractivity contribution < 1.29 is 14.1 Å². The molecule has 29 heavy (non-hydrogen) atoms. The Morgan fingerprint density at radius 1 is 1.07 bits per heavy atom. The van der Waals surface area contributed by atoms with Crippen LogP contribution >= 0.6 is 0 Å². The smallest absolute Gasteiger partial charge is 0.254 e. The molecule has 3 aromatic rings. The van der Waals surface area contributed by atoms with Crippen LogP contribution in [0.3, 0.4) is 0 Å². The van der Waals surface area contributed by atoms with Crippen molar-refractivity contribution in [3.63, 3.8) is 0 Å². The number of carbonyl (C=O) groups excluding carboxylic acids is 2. The Bertz CT molecular complexity index is 981. The van der Waals surface area contributed by atoms with Gasteiger partial charge in [0.25, 0.3) is 5.91 Å². The van der Waals surface area contributed by atoms with E-state index in [1.165, 1.54) is 19.1 Å². The van der Waals surface area contributed by atoms with Crippen LogP contribution in [0, 0.1) is 0 Å². The van der Waals surface area contributed by atoms with Crippen LogP contribution in [0.25, 0.3) is 10.8 Å². The largest absolute Gasteiger partial charge is 0.363 e. The third kappa shape index (κ3) is 4.81. The van der Waals surface area contributed by atoms with E-state index in [2.05, 4.69) is 15.4 Å². The van der Waals surface area contributed by atoms with Gasteiger partial charge in [0.15, 0.2) is 5.82 Å². The Labute approximate surface area is 169 Å². The number of nitrogens with zero attached hydrogens (tertiary/aromatic N) is 3. The van der Waals surface area contributed by atoms with Gasteiger partial charge in [-0.2, -0.15) is 0 Å². The van der Waals surface area contributed by atoms with Gasteiger partial charge in [0.1, 0.15) is 12.8 Å². The van der Waals surface area contributed by atoms with Crippen LogP contribution in [-0.2, 0) is 4.79 Å². The number of nitrogens with one attached hydrogen (secondary N) is 1. The van der Waals surface area contributed by atoms with Gasteiger partial charge < -0.3 is 19.6 Å². The first kappa shape index (κ1) is 19.1. The number of carbonyl (C=O) groups is 2. The molecule has 2 heterocycles. The second-order valence-electron chi connectivity index (χ2n) is 7.27. The van der Waals surface area contributed by atoms with Crippen molar-refractivity contribution in [3.05, 3.63) is 60.4 Å². The first-order valence-corrected chi connectivity index (χ1v) is 9.90. The van der Waals surface area contributed by atoms with Crippen molar-refractivity contribution in [2.24, 2.45) is 0 Å². The van der Waals surface area contributed by atoms with Gasteiger partial charge in [0, 0.05) is 24.7 Å². The molecule has 1 N–H and O–H groups in total. The quantitative estimate of drug-likeness (QED) is 0.669. The molecule has 0 saturated carbocycles. The summed E-state index contributed by atoms with van der Waals surface area (Å²) in [5.74, 6) is -0.104. The number of amides is 2. The number of fused-ring (bicyclic) bond motifs is 1. The molecule has 7 nitrogen and oxygen atoms in total. The molecular weight excluding hydrogens is 368 g/mol. The fourth-order valence-corrected chi connectivity index (χ4v) is 3.66. The van der Waals surface area contributed by atoms with E-state index in [1.54, 1.807) is 11.0 Å². The van der Waals surface area contributed by atoms with E-state index in [1.807, 2.05) is 42.5 Å². The predicted octanol–water partition coefficient (Wildman–Crippen LogP) is 3.00. The Balaban J connectivity index is 1.50. The van der Waals surface area contributed by atoms with Crippen molar-refractivity contribution >= 4 is 28.4 Å². The molecule has 2 aromatic carbocycles. The molecule has 7 heteroatoms. The van der Waals surface area contributed by atoms with Crippen molar-refractivity contribution in [2.75, 3.05) is 38.0 Å². The van der Waals surface area contributed by atoms with Gasteiger partial charge in [0.05, 0.1) is 0 Å². The van der Waals surface area contributed by atoms with Crippen molar-refractivity contribution in [1.82, 2.24) is 15.0 Å². The molecule has 0 aliphatic carbocycles. The maximum atomic E-state index is 13.2. The molecule has 0 radical (unpaired) electrons. The van der Waals surface area contributed by atoms with E-state index >= 15 is 0 Å². The summed E-state index contributed by atoms with van der Waals surface area (Å²) < 4.78 is 4.74. The molecule has 0 atom stereocenters. The maximum Gasteiger partial charge on any atom is 0.254 e. The normalized spacial score (nSPS) is 14.2. The number of benzene rings is 2. The van der Waals surface area contributed by atoms with Gasteiger partial charge in [0.2, 0.25) is 5.91 Å². The van der Waals surface area contributed by atoms with E-state index in [-0.39, 0.29) is 18.4 Å². The summed E-state index contributed by atoms with van der Waals surface area (Å²) in [4.78, 5) is 29.6. The zero-order valence-corrected chi connectivity index (χ0v) is 16.2. The molecule has 1 fully saturated rings. The van der Waals surface area contributed by atoms with Crippen LogP contribution in [0.5, 0.6) is 0 Å². The van der Waals surface area contributed by atoms with Crippen LogP contribution in [0.4, 0.5) is 5.82 Å². The number of rotatable bonds is 7. The molecule has 1 aliphatic rings. The van der Waals surface area contributed by atoms with Gasteiger partial charge in [-0.15, -0.1) is 0 Å². The summed E-state index contributed by atoms with van der Waals surface area (Å²) in [6.07, 6.45) is 3.76. The highest BCUT2D eigenvalue weighted by molar-refractivity contribution is 6.01. The lowest BCUT2D eigenvalue weighted by molar-refractivity contribution is -0.117. The standard InChI is InChI=1S/C22H24N4O3/c27-21(23-20-9-14-29-24-20)16-26(13-12-25-10-3-4-11-25)22(28)19-8-7-17-5-1-2-6-18(17)15-19/h1-2,5-9,14-15H,3-4,10-13,16H2,(H,23,24,27). The second-order valence-corrected chi connectivity index (χ2v) is 7.27. The van der Waals surface area contributed by atoms with Crippen LogP contribution in [-0.4, -0.2) is 59.5 Å². The van der Waals surface area contributed by atoms with Crippen molar-refractivity contribution in [3.8, 4) is 0 Å². The summed E-state index contributed by atoms with van der Waals surface area (Å²) in [5, 5.41) is 8.44. The first-order valence-electron chi connectivity index (χ1n) is 9.90. The van der Waals surface area contributed by atoms with Crippen LogP contribution in [0.1, 0.15) is 23.2 Å². The highest BCUT2D eigenvalue weighted by atomic mass is 16.5. The first-order chi connectivity index (χ1) is 14.2. The number of anilines is 1. The Kier molecular flexibility index (Phi) is 5.86. The van der Waals surface area contributed by atoms with Gasteiger partial charge in [-0.05, 0) is 48.8 Å². The van der Waals surface area contributed by atoms with Gasteiger partial charge in [-0.1, -0.05) is 35.5 Å². The zero-order chi connectivity index (χ0) is 20.1. The monoisotopic (exact) mass is 392 g/mol. The molecule has 4 rings (SSSR count). The number of likely N-dealkylation sites (tertiary alicyclic amines) is 1. The van der Waals surface area contributed by atoms with Crippen LogP contribution in [0.15, 0.2) is 59.3 Å². The predicted molar refractivity (Wildman–Crippen MR) is 111 cm³/mol. The molecule has 1 aliphatic heterocycles. The summed E-state index contributed by atoms with van der Waals surface area (Å²) in [6, 6.07) is 15.1. The Hall–Kier alpha value is -3.19. The lowest BCUT2D eigenvalue weighted by Gasteiger charge is -2.25. The van der Waals surface area contributed by atoms with Crippen LogP contribution < -0.4 is 5.32 Å². The second kappa shape index (κ2) is 8.87. The average Bonchev–Trinajstić information content (AvgIpc) is 3.44. The van der Waals surface area contributed by atoms with Crippen LogP contribution in [0.2, 0.25) is 0 Å². The molecular formula is C22H24N4O3. The third-order valence-corrected chi connectivity index (χ3v) is 5.21. The number of hydrogen-bond acceptors (Lipinski definition) is 5.